The van der Waals surface area contributed by atoms with Crippen LogP contribution in [0.4, 0.5) is 5.82 Å². The molecule has 1 aliphatic heterocycles. The molecule has 1 aromatic carbocycles. The average Bonchev–Trinajstić information content (AvgIpc) is 2.99. The number of ether oxygens (including phenoxy) is 2. The van der Waals surface area contributed by atoms with Crippen molar-refractivity contribution in [2.24, 2.45) is 0 Å². The Morgan fingerprint density at radius 1 is 1.18 bits per heavy atom. The zero-order chi connectivity index (χ0) is 15.5. The number of hydrogen-bond donors (Lipinski definition) is 1. The first kappa shape index (κ1) is 14.8. The van der Waals surface area contributed by atoms with Crippen LogP contribution < -0.4 is 10.1 Å². The van der Waals surface area contributed by atoms with Crippen molar-refractivity contribution in [1.29, 1.82) is 0 Å². The summed E-state index contributed by atoms with van der Waals surface area (Å²) in [5.74, 6) is 2.13. The van der Waals surface area contributed by atoms with E-state index in [0.29, 0.717) is 11.7 Å². The molecule has 116 valence electrons. The number of hydrogen-bond acceptors (Lipinski definition) is 5. The van der Waals surface area contributed by atoms with Gasteiger partial charge in [-0.25, -0.2) is 4.98 Å². The molecule has 0 aliphatic carbocycles. The van der Waals surface area contributed by atoms with Gasteiger partial charge in [-0.05, 0) is 25.8 Å². The standard InChI is InChI=1S/C17H21N3O2/c1-11-16(18-12(2)19-17(11)21-3)20-14-9-10-22-15(14)13-7-5-4-6-8-13/h4-8,14-15H,9-10H2,1-3H3,(H,18,19,20). The SMILES string of the molecule is COc1nc(C)nc(NC2CCOC2c2ccccc2)c1C. The second-order valence-electron chi connectivity index (χ2n) is 5.50. The van der Waals surface area contributed by atoms with Crippen molar-refractivity contribution < 1.29 is 9.47 Å². The van der Waals surface area contributed by atoms with Crippen molar-refractivity contribution in [3.8, 4) is 5.88 Å². The molecule has 2 heterocycles. The Labute approximate surface area is 130 Å². The van der Waals surface area contributed by atoms with Crippen LogP contribution in [0.15, 0.2) is 30.3 Å². The molecule has 0 spiro atoms. The van der Waals surface area contributed by atoms with Crippen LogP contribution in [0.2, 0.25) is 0 Å². The van der Waals surface area contributed by atoms with E-state index in [0.717, 1.165) is 24.4 Å². The summed E-state index contributed by atoms with van der Waals surface area (Å²) in [6.07, 6.45) is 0.992. The van der Waals surface area contributed by atoms with E-state index in [1.165, 1.54) is 5.56 Å². The summed E-state index contributed by atoms with van der Waals surface area (Å²) in [5.41, 5.74) is 2.11. The van der Waals surface area contributed by atoms with Gasteiger partial charge in [0.05, 0.1) is 18.7 Å². The molecular formula is C17H21N3O2. The summed E-state index contributed by atoms with van der Waals surface area (Å²) in [7, 11) is 1.63. The van der Waals surface area contributed by atoms with Crippen molar-refractivity contribution in [3.63, 3.8) is 0 Å². The minimum Gasteiger partial charge on any atom is -0.481 e. The van der Waals surface area contributed by atoms with E-state index >= 15 is 0 Å². The van der Waals surface area contributed by atoms with E-state index in [1.807, 2.05) is 32.0 Å². The van der Waals surface area contributed by atoms with E-state index in [-0.39, 0.29) is 12.1 Å². The average molecular weight is 299 g/mol. The predicted molar refractivity (Wildman–Crippen MR) is 85.2 cm³/mol. The zero-order valence-electron chi connectivity index (χ0n) is 13.2. The summed E-state index contributed by atoms with van der Waals surface area (Å²) >= 11 is 0. The molecule has 3 rings (SSSR count). The maximum Gasteiger partial charge on any atom is 0.221 e. The van der Waals surface area contributed by atoms with Gasteiger partial charge in [0.25, 0.3) is 0 Å². The zero-order valence-corrected chi connectivity index (χ0v) is 13.2. The summed E-state index contributed by atoms with van der Waals surface area (Å²) < 4.78 is 11.2. The van der Waals surface area contributed by atoms with E-state index < -0.39 is 0 Å². The molecule has 1 saturated heterocycles. The topological polar surface area (TPSA) is 56.3 Å². The molecule has 0 saturated carbocycles. The van der Waals surface area contributed by atoms with Gasteiger partial charge in [0.2, 0.25) is 5.88 Å². The van der Waals surface area contributed by atoms with Gasteiger partial charge in [0.1, 0.15) is 17.7 Å². The molecule has 2 atom stereocenters. The number of aromatic nitrogens is 2. The van der Waals surface area contributed by atoms with Crippen molar-refractivity contribution in [2.45, 2.75) is 32.4 Å². The largest absolute Gasteiger partial charge is 0.481 e. The lowest BCUT2D eigenvalue weighted by Crippen LogP contribution is -2.24. The van der Waals surface area contributed by atoms with Gasteiger partial charge in [-0.15, -0.1) is 0 Å². The summed E-state index contributed by atoms with van der Waals surface area (Å²) in [6, 6.07) is 10.5. The molecule has 5 heteroatoms. The third-order valence-electron chi connectivity index (χ3n) is 3.95. The van der Waals surface area contributed by atoms with E-state index in [9.17, 15) is 0 Å². The molecule has 2 aromatic rings. The number of aryl methyl sites for hydroxylation is 1. The minimum atomic E-state index is 0.0434. The van der Waals surface area contributed by atoms with E-state index in [2.05, 4.69) is 27.4 Å². The lowest BCUT2D eigenvalue weighted by Gasteiger charge is -2.22. The Morgan fingerprint density at radius 3 is 2.68 bits per heavy atom. The molecule has 1 N–H and O–H groups in total. The molecular weight excluding hydrogens is 278 g/mol. The number of methoxy groups -OCH3 is 1. The quantitative estimate of drug-likeness (QED) is 0.940. The predicted octanol–water partition coefficient (Wildman–Crippen LogP) is 3.04. The summed E-state index contributed by atoms with van der Waals surface area (Å²) in [4.78, 5) is 8.81. The monoisotopic (exact) mass is 299 g/mol. The molecule has 0 amide bonds. The Balaban J connectivity index is 1.85. The van der Waals surface area contributed by atoms with Crippen LogP contribution in [0.1, 0.15) is 29.5 Å². The smallest absolute Gasteiger partial charge is 0.221 e. The highest BCUT2D eigenvalue weighted by Crippen LogP contribution is 2.32. The first-order valence-electron chi connectivity index (χ1n) is 7.51. The van der Waals surface area contributed by atoms with Crippen molar-refractivity contribution in [1.82, 2.24) is 9.97 Å². The number of benzene rings is 1. The molecule has 1 aliphatic rings. The number of nitrogens with zero attached hydrogens (tertiary/aromatic N) is 2. The van der Waals surface area contributed by atoms with Crippen LogP contribution in [0.5, 0.6) is 5.88 Å². The number of nitrogens with one attached hydrogen (secondary N) is 1. The fourth-order valence-corrected chi connectivity index (χ4v) is 2.83. The Bertz CT molecular complexity index is 646. The van der Waals surface area contributed by atoms with Gasteiger partial charge < -0.3 is 14.8 Å². The third kappa shape index (κ3) is 2.90. The highest BCUT2D eigenvalue weighted by atomic mass is 16.5. The van der Waals surface area contributed by atoms with Gasteiger partial charge in [-0.3, -0.25) is 0 Å². The van der Waals surface area contributed by atoms with Crippen LogP contribution in [0.25, 0.3) is 0 Å². The Hall–Kier alpha value is -2.14. The molecule has 22 heavy (non-hydrogen) atoms. The molecule has 2 unspecified atom stereocenters. The van der Waals surface area contributed by atoms with Gasteiger partial charge in [-0.1, -0.05) is 30.3 Å². The van der Waals surface area contributed by atoms with Crippen LogP contribution in [-0.2, 0) is 4.74 Å². The fraction of sp³-hybridized carbons (Fsp3) is 0.412. The summed E-state index contributed by atoms with van der Waals surface area (Å²) in [5, 5.41) is 3.52. The molecule has 1 aromatic heterocycles. The maximum absolute atomic E-state index is 5.91. The second-order valence-corrected chi connectivity index (χ2v) is 5.50. The van der Waals surface area contributed by atoms with Gasteiger partial charge >= 0.3 is 0 Å². The highest BCUT2D eigenvalue weighted by molar-refractivity contribution is 5.49. The van der Waals surface area contributed by atoms with E-state index in [1.54, 1.807) is 7.11 Å². The lowest BCUT2D eigenvalue weighted by molar-refractivity contribution is 0.107. The van der Waals surface area contributed by atoms with Gasteiger partial charge in [0.15, 0.2) is 0 Å². The molecule has 5 nitrogen and oxygen atoms in total. The lowest BCUT2D eigenvalue weighted by atomic mass is 10.0. The van der Waals surface area contributed by atoms with E-state index in [4.69, 9.17) is 9.47 Å². The van der Waals surface area contributed by atoms with Crippen molar-refractivity contribution in [3.05, 3.63) is 47.3 Å². The van der Waals surface area contributed by atoms with Gasteiger partial charge in [0, 0.05) is 6.61 Å². The molecule has 1 fully saturated rings. The normalized spacial score (nSPS) is 20.9. The minimum absolute atomic E-state index is 0.0434. The van der Waals surface area contributed by atoms with Crippen LogP contribution in [-0.4, -0.2) is 29.7 Å². The van der Waals surface area contributed by atoms with Crippen molar-refractivity contribution >= 4 is 5.82 Å². The summed E-state index contributed by atoms with van der Waals surface area (Å²) in [6.45, 7) is 4.58. The molecule has 0 bridgehead atoms. The maximum atomic E-state index is 5.91. The number of anilines is 1. The fourth-order valence-electron chi connectivity index (χ4n) is 2.83. The number of rotatable bonds is 4. The Kier molecular flexibility index (Phi) is 4.24. The van der Waals surface area contributed by atoms with Crippen LogP contribution in [0, 0.1) is 13.8 Å². The Morgan fingerprint density at radius 2 is 1.95 bits per heavy atom. The first-order valence-corrected chi connectivity index (χ1v) is 7.51. The molecule has 0 radical (unpaired) electrons. The van der Waals surface area contributed by atoms with Gasteiger partial charge in [-0.2, -0.15) is 4.98 Å². The van der Waals surface area contributed by atoms with Crippen molar-refractivity contribution in [2.75, 3.05) is 19.0 Å². The second kappa shape index (κ2) is 6.32. The third-order valence-corrected chi connectivity index (χ3v) is 3.95. The first-order chi connectivity index (χ1) is 10.7. The van der Waals surface area contributed by atoms with Crippen LogP contribution in [0.3, 0.4) is 0 Å². The highest BCUT2D eigenvalue weighted by Gasteiger charge is 2.30. The van der Waals surface area contributed by atoms with Crippen LogP contribution >= 0.6 is 0 Å².